The van der Waals surface area contributed by atoms with Crippen LogP contribution in [0.25, 0.3) is 0 Å². The maximum absolute atomic E-state index is 5.54. The fourth-order valence-corrected chi connectivity index (χ4v) is 2.08. The lowest BCUT2D eigenvalue weighted by Crippen LogP contribution is -2.12. The number of anilines is 2. The smallest absolute Gasteiger partial charge is 0.216 e. The highest BCUT2D eigenvalue weighted by Crippen LogP contribution is 2.25. The molecule has 2 rings (SSSR count). The van der Waals surface area contributed by atoms with E-state index in [1.807, 2.05) is 20.9 Å². The van der Waals surface area contributed by atoms with Crippen LogP contribution >= 0.6 is 0 Å². The van der Waals surface area contributed by atoms with Crippen molar-refractivity contribution in [3.8, 4) is 0 Å². The second-order valence-electron chi connectivity index (χ2n) is 4.72. The highest BCUT2D eigenvalue weighted by Gasteiger charge is 2.16. The summed E-state index contributed by atoms with van der Waals surface area (Å²) in [5.74, 6) is 3.16. The summed E-state index contributed by atoms with van der Waals surface area (Å²) in [5.41, 5.74) is 1.09. The van der Waals surface area contributed by atoms with Crippen molar-refractivity contribution in [2.24, 2.45) is 0 Å². The van der Waals surface area contributed by atoms with E-state index in [0.717, 1.165) is 35.8 Å². The van der Waals surface area contributed by atoms with E-state index >= 15 is 0 Å². The molecule has 0 radical (unpaired) electrons. The lowest BCUT2D eigenvalue weighted by atomic mass is 10.1. The van der Waals surface area contributed by atoms with Gasteiger partial charge in [0.15, 0.2) is 0 Å². The first kappa shape index (κ1) is 14.3. The largest absolute Gasteiger partial charge is 0.444 e. The van der Waals surface area contributed by atoms with Crippen molar-refractivity contribution in [2.45, 2.75) is 39.7 Å². The summed E-state index contributed by atoms with van der Waals surface area (Å²) < 4.78 is 5.54. The molecule has 0 amide bonds. The van der Waals surface area contributed by atoms with Crippen LogP contribution in [0.2, 0.25) is 0 Å². The topological polar surface area (TPSA) is 75.9 Å². The third kappa shape index (κ3) is 3.07. The van der Waals surface area contributed by atoms with E-state index in [-0.39, 0.29) is 6.04 Å². The normalized spacial score (nSPS) is 12.2. The van der Waals surface area contributed by atoms with E-state index in [4.69, 9.17) is 4.42 Å². The van der Waals surface area contributed by atoms with E-state index in [1.165, 1.54) is 0 Å². The van der Waals surface area contributed by atoms with Crippen LogP contribution in [-0.2, 0) is 6.42 Å². The second kappa shape index (κ2) is 6.36. The molecule has 6 heteroatoms. The first-order valence-corrected chi connectivity index (χ1v) is 6.86. The molecule has 1 atom stereocenters. The average Bonchev–Trinajstić information content (AvgIpc) is 2.87. The molecule has 1 unspecified atom stereocenters. The average molecular weight is 275 g/mol. The molecule has 0 fully saturated rings. The number of hydrogen-bond donors (Lipinski definition) is 2. The van der Waals surface area contributed by atoms with Gasteiger partial charge >= 0.3 is 0 Å². The van der Waals surface area contributed by atoms with Gasteiger partial charge in [-0.2, -0.15) is 0 Å². The van der Waals surface area contributed by atoms with Crippen LogP contribution in [0.3, 0.4) is 0 Å². The van der Waals surface area contributed by atoms with Gasteiger partial charge in [0.05, 0.1) is 6.20 Å². The van der Waals surface area contributed by atoms with Crippen LogP contribution in [-0.4, -0.2) is 22.0 Å². The summed E-state index contributed by atoms with van der Waals surface area (Å²) in [6.45, 7) is 6.02. The Morgan fingerprint density at radius 2 is 2.00 bits per heavy atom. The number of aromatic nitrogens is 3. The Bertz CT molecular complexity index is 566. The van der Waals surface area contributed by atoms with Crippen molar-refractivity contribution in [3.05, 3.63) is 29.7 Å². The Labute approximate surface area is 119 Å². The Hall–Kier alpha value is -2.11. The van der Waals surface area contributed by atoms with Gasteiger partial charge in [-0.25, -0.2) is 15.0 Å². The minimum absolute atomic E-state index is 0.0427. The molecule has 0 spiro atoms. The molecule has 0 aliphatic rings. The summed E-state index contributed by atoms with van der Waals surface area (Å²) in [7, 11) is 1.87. The van der Waals surface area contributed by atoms with Gasteiger partial charge in [0, 0.05) is 12.6 Å². The number of rotatable bonds is 6. The molecule has 0 saturated carbocycles. The highest BCUT2D eigenvalue weighted by molar-refractivity contribution is 5.57. The van der Waals surface area contributed by atoms with Gasteiger partial charge in [0.2, 0.25) is 5.89 Å². The Morgan fingerprint density at radius 1 is 1.25 bits per heavy atom. The van der Waals surface area contributed by atoms with Crippen molar-refractivity contribution in [2.75, 3.05) is 17.7 Å². The molecule has 2 aromatic heterocycles. The lowest BCUT2D eigenvalue weighted by molar-refractivity contribution is 0.453. The zero-order valence-electron chi connectivity index (χ0n) is 12.4. The van der Waals surface area contributed by atoms with Crippen molar-refractivity contribution >= 4 is 11.6 Å². The number of oxazole rings is 1. The van der Waals surface area contributed by atoms with Crippen molar-refractivity contribution < 1.29 is 4.42 Å². The van der Waals surface area contributed by atoms with Crippen molar-refractivity contribution in [3.63, 3.8) is 0 Å². The predicted octanol–water partition coefficient (Wildman–Crippen LogP) is 2.94. The first-order valence-electron chi connectivity index (χ1n) is 6.86. The lowest BCUT2D eigenvalue weighted by Gasteiger charge is -2.16. The molecule has 6 nitrogen and oxygen atoms in total. The zero-order chi connectivity index (χ0) is 14.5. The standard InChI is InChI=1S/C14H21N5O/c1-5-6-11-12(15-4)17-8-18-13(11)19-10(3)14-16-7-9(2)20-14/h7-8,10H,5-6H2,1-4H3,(H2,15,17,18,19). The second-order valence-corrected chi connectivity index (χ2v) is 4.72. The molecule has 0 aliphatic heterocycles. The highest BCUT2D eigenvalue weighted by atomic mass is 16.4. The monoisotopic (exact) mass is 275 g/mol. The van der Waals surface area contributed by atoms with Gasteiger partial charge in [-0.05, 0) is 20.3 Å². The minimum atomic E-state index is -0.0427. The van der Waals surface area contributed by atoms with Gasteiger partial charge in [0.1, 0.15) is 29.8 Å². The first-order chi connectivity index (χ1) is 9.65. The SMILES string of the molecule is CCCc1c(NC)ncnc1NC(C)c1ncc(C)o1. The van der Waals surface area contributed by atoms with Crippen LogP contribution in [0.1, 0.15) is 43.5 Å². The fraction of sp³-hybridized carbons (Fsp3) is 0.500. The van der Waals surface area contributed by atoms with Gasteiger partial charge in [0.25, 0.3) is 0 Å². The predicted molar refractivity (Wildman–Crippen MR) is 78.9 cm³/mol. The molecular formula is C14H21N5O. The molecule has 20 heavy (non-hydrogen) atoms. The molecule has 108 valence electrons. The molecular weight excluding hydrogens is 254 g/mol. The fourth-order valence-electron chi connectivity index (χ4n) is 2.08. The quantitative estimate of drug-likeness (QED) is 0.844. The molecule has 0 saturated heterocycles. The molecule has 2 heterocycles. The van der Waals surface area contributed by atoms with E-state index < -0.39 is 0 Å². The maximum atomic E-state index is 5.54. The van der Waals surface area contributed by atoms with E-state index in [1.54, 1.807) is 12.5 Å². The van der Waals surface area contributed by atoms with Gasteiger partial charge in [-0.3, -0.25) is 0 Å². The Kier molecular flexibility index (Phi) is 4.55. The van der Waals surface area contributed by atoms with Crippen LogP contribution in [0.15, 0.2) is 16.9 Å². The van der Waals surface area contributed by atoms with Crippen molar-refractivity contribution in [1.29, 1.82) is 0 Å². The molecule has 0 aromatic carbocycles. The van der Waals surface area contributed by atoms with Crippen LogP contribution in [0.5, 0.6) is 0 Å². The summed E-state index contributed by atoms with van der Waals surface area (Å²) >= 11 is 0. The van der Waals surface area contributed by atoms with Crippen molar-refractivity contribution in [1.82, 2.24) is 15.0 Å². The number of aryl methyl sites for hydroxylation is 1. The van der Waals surface area contributed by atoms with Gasteiger partial charge in [-0.15, -0.1) is 0 Å². The Balaban J connectivity index is 2.24. The minimum Gasteiger partial charge on any atom is -0.444 e. The number of nitrogens with one attached hydrogen (secondary N) is 2. The summed E-state index contributed by atoms with van der Waals surface area (Å²) in [4.78, 5) is 12.8. The van der Waals surface area contributed by atoms with Crippen LogP contribution in [0.4, 0.5) is 11.6 Å². The number of hydrogen-bond acceptors (Lipinski definition) is 6. The van der Waals surface area contributed by atoms with E-state index in [9.17, 15) is 0 Å². The molecule has 0 aliphatic carbocycles. The number of nitrogens with zero attached hydrogens (tertiary/aromatic N) is 3. The maximum Gasteiger partial charge on any atom is 0.216 e. The third-order valence-corrected chi connectivity index (χ3v) is 3.04. The van der Waals surface area contributed by atoms with Gasteiger partial charge < -0.3 is 15.1 Å². The van der Waals surface area contributed by atoms with E-state index in [0.29, 0.717) is 5.89 Å². The molecule has 2 N–H and O–H groups in total. The Morgan fingerprint density at radius 3 is 2.60 bits per heavy atom. The van der Waals surface area contributed by atoms with Crippen LogP contribution < -0.4 is 10.6 Å². The third-order valence-electron chi connectivity index (χ3n) is 3.04. The zero-order valence-corrected chi connectivity index (χ0v) is 12.4. The summed E-state index contributed by atoms with van der Waals surface area (Å²) in [6.07, 6.45) is 5.22. The summed E-state index contributed by atoms with van der Waals surface area (Å²) in [6, 6.07) is -0.0427. The van der Waals surface area contributed by atoms with Crippen LogP contribution in [0, 0.1) is 6.92 Å². The van der Waals surface area contributed by atoms with E-state index in [2.05, 4.69) is 32.5 Å². The molecule has 2 aromatic rings. The molecule has 0 bridgehead atoms. The summed E-state index contributed by atoms with van der Waals surface area (Å²) in [5, 5.41) is 6.46. The van der Waals surface area contributed by atoms with Gasteiger partial charge in [-0.1, -0.05) is 13.3 Å².